The highest BCUT2D eigenvalue weighted by Crippen LogP contribution is 2.15. The molecule has 1 amide bonds. The number of carbonyl (C=O) groups is 1. The molecule has 2 rings (SSSR count). The van der Waals surface area contributed by atoms with Crippen LogP contribution < -0.4 is 10.9 Å². The van der Waals surface area contributed by atoms with Crippen LogP contribution in [0.5, 0.6) is 0 Å². The van der Waals surface area contributed by atoms with E-state index in [2.05, 4.69) is 24.3 Å². The Morgan fingerprint density at radius 2 is 2.00 bits per heavy atom. The van der Waals surface area contributed by atoms with Gasteiger partial charge in [0.25, 0.3) is 11.5 Å². The molecule has 1 aromatic heterocycles. The molecule has 6 heteroatoms. The first-order chi connectivity index (χ1) is 9.23. The molecular formula is C14H22N4O2. The van der Waals surface area contributed by atoms with Crippen molar-refractivity contribution in [2.45, 2.75) is 33.2 Å². The molecule has 20 heavy (non-hydrogen) atoms. The maximum Gasteiger partial charge on any atom is 0.279 e. The molecule has 2 heterocycles. The summed E-state index contributed by atoms with van der Waals surface area (Å²) in [6.07, 6.45) is 0. The SMILES string of the molecule is Cc1nn(C)c(=O)c(C(=O)N2CCNC(C)(C)C2)c1C. The Hall–Kier alpha value is -1.69. The van der Waals surface area contributed by atoms with Crippen molar-refractivity contribution in [3.05, 3.63) is 27.2 Å². The minimum atomic E-state index is -0.325. The summed E-state index contributed by atoms with van der Waals surface area (Å²) in [6, 6.07) is 0. The fourth-order valence-electron chi connectivity index (χ4n) is 2.57. The Kier molecular flexibility index (Phi) is 3.69. The van der Waals surface area contributed by atoms with Gasteiger partial charge in [-0.05, 0) is 33.3 Å². The van der Waals surface area contributed by atoms with Crippen LogP contribution in [-0.2, 0) is 7.05 Å². The Bertz CT molecular complexity index is 604. The number of hydrogen-bond acceptors (Lipinski definition) is 4. The highest BCUT2D eigenvalue weighted by molar-refractivity contribution is 5.95. The van der Waals surface area contributed by atoms with E-state index in [4.69, 9.17) is 0 Å². The van der Waals surface area contributed by atoms with Gasteiger partial charge in [0.2, 0.25) is 0 Å². The van der Waals surface area contributed by atoms with Gasteiger partial charge in [-0.3, -0.25) is 9.59 Å². The van der Waals surface area contributed by atoms with E-state index in [9.17, 15) is 9.59 Å². The van der Waals surface area contributed by atoms with Gasteiger partial charge in [-0.25, -0.2) is 4.68 Å². The van der Waals surface area contributed by atoms with Crippen molar-refractivity contribution in [3.8, 4) is 0 Å². The average molecular weight is 278 g/mol. The van der Waals surface area contributed by atoms with Crippen molar-refractivity contribution in [2.75, 3.05) is 19.6 Å². The number of amides is 1. The molecule has 1 aromatic rings. The molecule has 0 bridgehead atoms. The van der Waals surface area contributed by atoms with Crippen molar-refractivity contribution in [2.24, 2.45) is 7.05 Å². The number of piperazine rings is 1. The van der Waals surface area contributed by atoms with Crippen LogP contribution in [0, 0.1) is 13.8 Å². The highest BCUT2D eigenvalue weighted by atomic mass is 16.2. The fraction of sp³-hybridized carbons (Fsp3) is 0.643. The molecule has 0 spiro atoms. The maximum absolute atomic E-state index is 12.7. The normalized spacial score (nSPS) is 18.1. The Labute approximate surface area is 118 Å². The molecule has 1 aliphatic rings. The van der Waals surface area contributed by atoms with Gasteiger partial charge in [-0.1, -0.05) is 0 Å². The maximum atomic E-state index is 12.7. The zero-order valence-corrected chi connectivity index (χ0v) is 12.8. The predicted octanol–water partition coefficient (Wildman–Crippen LogP) is 0.221. The second kappa shape index (κ2) is 5.01. The third-order valence-corrected chi connectivity index (χ3v) is 3.80. The summed E-state index contributed by atoms with van der Waals surface area (Å²) in [5.74, 6) is -0.192. The van der Waals surface area contributed by atoms with E-state index in [-0.39, 0.29) is 22.6 Å². The highest BCUT2D eigenvalue weighted by Gasteiger charge is 2.31. The van der Waals surface area contributed by atoms with Gasteiger partial charge in [0.1, 0.15) is 5.56 Å². The van der Waals surface area contributed by atoms with Gasteiger partial charge in [0, 0.05) is 32.2 Å². The first-order valence-corrected chi connectivity index (χ1v) is 6.82. The molecule has 0 saturated carbocycles. The van der Waals surface area contributed by atoms with Crippen LogP contribution in [0.1, 0.15) is 35.5 Å². The summed E-state index contributed by atoms with van der Waals surface area (Å²) in [5.41, 5.74) is 1.18. The number of hydrogen-bond donors (Lipinski definition) is 1. The van der Waals surface area contributed by atoms with Crippen molar-refractivity contribution < 1.29 is 4.79 Å². The van der Waals surface area contributed by atoms with Gasteiger partial charge in [0.05, 0.1) is 5.69 Å². The number of nitrogens with one attached hydrogen (secondary N) is 1. The molecule has 1 aliphatic heterocycles. The summed E-state index contributed by atoms with van der Waals surface area (Å²) in [7, 11) is 1.58. The van der Waals surface area contributed by atoms with Gasteiger partial charge in [-0.2, -0.15) is 5.10 Å². The van der Waals surface area contributed by atoms with Crippen LogP contribution in [0.4, 0.5) is 0 Å². The summed E-state index contributed by atoms with van der Waals surface area (Å²) in [6.45, 7) is 9.64. The minimum Gasteiger partial charge on any atom is -0.335 e. The van der Waals surface area contributed by atoms with E-state index in [1.807, 2.05) is 6.92 Å². The number of aromatic nitrogens is 2. The summed E-state index contributed by atoms with van der Waals surface area (Å²) in [4.78, 5) is 26.7. The van der Waals surface area contributed by atoms with Crippen LogP contribution in [0.2, 0.25) is 0 Å². The molecule has 1 N–H and O–H groups in total. The number of aryl methyl sites for hydroxylation is 2. The van der Waals surface area contributed by atoms with Gasteiger partial charge in [-0.15, -0.1) is 0 Å². The van der Waals surface area contributed by atoms with Crippen LogP contribution in [-0.4, -0.2) is 45.8 Å². The Morgan fingerprint density at radius 3 is 2.60 bits per heavy atom. The first kappa shape index (κ1) is 14.7. The zero-order valence-electron chi connectivity index (χ0n) is 12.8. The van der Waals surface area contributed by atoms with Crippen LogP contribution in [0.25, 0.3) is 0 Å². The molecular weight excluding hydrogens is 256 g/mol. The molecule has 1 saturated heterocycles. The minimum absolute atomic E-state index is 0.130. The zero-order chi connectivity index (χ0) is 15.1. The quantitative estimate of drug-likeness (QED) is 0.798. The largest absolute Gasteiger partial charge is 0.335 e. The number of rotatable bonds is 1. The Morgan fingerprint density at radius 1 is 1.35 bits per heavy atom. The standard InChI is InChI=1S/C14H22N4O2/c1-9-10(2)16-17(5)12(19)11(9)13(20)18-7-6-15-14(3,4)8-18/h15H,6-8H2,1-5H3. The molecule has 0 unspecified atom stereocenters. The summed E-state index contributed by atoms with van der Waals surface area (Å²) < 4.78 is 1.24. The molecule has 110 valence electrons. The molecule has 0 aromatic carbocycles. The fourth-order valence-corrected chi connectivity index (χ4v) is 2.57. The van der Waals surface area contributed by atoms with E-state index in [0.29, 0.717) is 24.3 Å². The summed E-state index contributed by atoms with van der Waals surface area (Å²) >= 11 is 0. The number of nitrogens with zero attached hydrogens (tertiary/aromatic N) is 3. The van der Waals surface area contributed by atoms with Crippen LogP contribution >= 0.6 is 0 Å². The van der Waals surface area contributed by atoms with E-state index in [0.717, 1.165) is 6.54 Å². The second-order valence-electron chi connectivity index (χ2n) is 6.05. The van der Waals surface area contributed by atoms with Gasteiger partial charge in [0.15, 0.2) is 0 Å². The number of carbonyl (C=O) groups excluding carboxylic acids is 1. The Balaban J connectivity index is 2.42. The van der Waals surface area contributed by atoms with E-state index in [1.165, 1.54) is 4.68 Å². The van der Waals surface area contributed by atoms with E-state index < -0.39 is 0 Å². The van der Waals surface area contributed by atoms with Crippen molar-refractivity contribution >= 4 is 5.91 Å². The lowest BCUT2D eigenvalue weighted by Crippen LogP contribution is -2.59. The predicted molar refractivity (Wildman–Crippen MR) is 76.9 cm³/mol. The lowest BCUT2D eigenvalue weighted by Gasteiger charge is -2.39. The monoisotopic (exact) mass is 278 g/mol. The average Bonchev–Trinajstić information content (AvgIpc) is 2.35. The van der Waals surface area contributed by atoms with Crippen molar-refractivity contribution in [1.82, 2.24) is 20.0 Å². The first-order valence-electron chi connectivity index (χ1n) is 6.82. The van der Waals surface area contributed by atoms with Crippen LogP contribution in [0.3, 0.4) is 0 Å². The van der Waals surface area contributed by atoms with Crippen LogP contribution in [0.15, 0.2) is 4.79 Å². The third kappa shape index (κ3) is 2.60. The lowest BCUT2D eigenvalue weighted by atomic mass is 10.0. The van der Waals surface area contributed by atoms with Crippen molar-refractivity contribution in [3.63, 3.8) is 0 Å². The van der Waals surface area contributed by atoms with Gasteiger partial charge < -0.3 is 10.2 Å². The lowest BCUT2D eigenvalue weighted by molar-refractivity contribution is 0.0648. The van der Waals surface area contributed by atoms with E-state index >= 15 is 0 Å². The molecule has 0 aliphatic carbocycles. The third-order valence-electron chi connectivity index (χ3n) is 3.80. The second-order valence-corrected chi connectivity index (χ2v) is 6.05. The molecule has 6 nitrogen and oxygen atoms in total. The topological polar surface area (TPSA) is 67.2 Å². The molecule has 0 atom stereocenters. The molecule has 0 radical (unpaired) electrons. The smallest absolute Gasteiger partial charge is 0.279 e. The summed E-state index contributed by atoms with van der Waals surface area (Å²) in [5, 5.41) is 7.47. The van der Waals surface area contributed by atoms with E-state index in [1.54, 1.807) is 18.9 Å². The van der Waals surface area contributed by atoms with Gasteiger partial charge >= 0.3 is 0 Å². The van der Waals surface area contributed by atoms with Crippen molar-refractivity contribution in [1.29, 1.82) is 0 Å². The molecule has 1 fully saturated rings.